The molecule has 0 atom stereocenters. The number of halogens is 2. The summed E-state index contributed by atoms with van der Waals surface area (Å²) >= 11 is 5.58. The Balaban J connectivity index is 2.40. The van der Waals surface area contributed by atoms with E-state index in [0.29, 0.717) is 24.1 Å². The molecule has 0 unspecified atom stereocenters. The fraction of sp³-hybridized carbons (Fsp3) is 0.438. The second kappa shape index (κ2) is 7.90. The Morgan fingerprint density at radius 1 is 1.43 bits per heavy atom. The summed E-state index contributed by atoms with van der Waals surface area (Å²) in [6.45, 7) is 5.77. The van der Waals surface area contributed by atoms with Gasteiger partial charge < -0.3 is 10.1 Å². The van der Waals surface area contributed by atoms with Gasteiger partial charge in [-0.1, -0.05) is 17.9 Å². The van der Waals surface area contributed by atoms with Crippen LogP contribution in [0.5, 0.6) is 0 Å². The third kappa shape index (κ3) is 7.01. The molecule has 0 radical (unpaired) electrons. The van der Waals surface area contributed by atoms with Crippen LogP contribution in [0.25, 0.3) is 0 Å². The number of benzene rings is 1. The van der Waals surface area contributed by atoms with E-state index in [4.69, 9.17) is 16.3 Å². The van der Waals surface area contributed by atoms with Crippen LogP contribution in [0.4, 0.5) is 9.18 Å². The molecule has 0 aliphatic rings. The van der Waals surface area contributed by atoms with Gasteiger partial charge in [0.25, 0.3) is 0 Å². The molecular weight excluding hydrogens is 293 g/mol. The Bertz CT molecular complexity index is 556. The zero-order valence-electron chi connectivity index (χ0n) is 12.4. The standard InChI is InChI=1S/C16H19ClFNO2/c1-16(2,3)21-15(20)19-9-5-4-6-12-7-8-13(11-17)14(18)10-12/h7-8,10H,5,9,11H2,1-3H3,(H,19,20). The number of carbonyl (C=O) groups excluding carboxylic acids is 1. The van der Waals surface area contributed by atoms with E-state index in [1.807, 2.05) is 0 Å². The van der Waals surface area contributed by atoms with E-state index < -0.39 is 11.7 Å². The van der Waals surface area contributed by atoms with Crippen molar-refractivity contribution in [1.29, 1.82) is 0 Å². The number of hydrogen-bond donors (Lipinski definition) is 1. The number of amides is 1. The summed E-state index contributed by atoms with van der Waals surface area (Å²) in [6, 6.07) is 4.69. The highest BCUT2D eigenvalue weighted by Gasteiger charge is 2.15. The molecule has 5 heteroatoms. The second-order valence-electron chi connectivity index (χ2n) is 5.42. The van der Waals surface area contributed by atoms with E-state index in [1.54, 1.807) is 32.9 Å². The lowest BCUT2D eigenvalue weighted by molar-refractivity contribution is 0.0529. The van der Waals surface area contributed by atoms with Crippen LogP contribution < -0.4 is 5.32 Å². The lowest BCUT2D eigenvalue weighted by Gasteiger charge is -2.19. The first-order valence-electron chi connectivity index (χ1n) is 6.62. The number of alkyl halides is 1. The highest BCUT2D eigenvalue weighted by Crippen LogP contribution is 2.11. The van der Waals surface area contributed by atoms with Gasteiger partial charge in [-0.2, -0.15) is 0 Å². The first-order valence-corrected chi connectivity index (χ1v) is 7.15. The quantitative estimate of drug-likeness (QED) is 0.523. The molecule has 0 saturated carbocycles. The third-order valence-corrected chi connectivity index (χ3v) is 2.64. The average molecular weight is 312 g/mol. The highest BCUT2D eigenvalue weighted by atomic mass is 35.5. The van der Waals surface area contributed by atoms with Gasteiger partial charge in [0.2, 0.25) is 0 Å². The minimum atomic E-state index is -0.516. The number of alkyl carbamates (subject to hydrolysis) is 1. The normalized spacial score (nSPS) is 10.5. The van der Waals surface area contributed by atoms with Crippen molar-refractivity contribution >= 4 is 17.7 Å². The van der Waals surface area contributed by atoms with Crippen LogP contribution >= 0.6 is 11.6 Å². The van der Waals surface area contributed by atoms with Gasteiger partial charge in [0.15, 0.2) is 0 Å². The van der Waals surface area contributed by atoms with Crippen LogP contribution in [-0.4, -0.2) is 18.2 Å². The molecule has 0 spiro atoms. The molecule has 0 heterocycles. The van der Waals surface area contributed by atoms with Gasteiger partial charge in [0, 0.05) is 24.1 Å². The summed E-state index contributed by atoms with van der Waals surface area (Å²) in [5.41, 5.74) is 0.518. The lowest BCUT2D eigenvalue weighted by atomic mass is 10.1. The van der Waals surface area contributed by atoms with Gasteiger partial charge in [-0.05, 0) is 32.9 Å². The molecule has 0 aromatic heterocycles. The number of rotatable bonds is 3. The molecule has 21 heavy (non-hydrogen) atoms. The van der Waals surface area contributed by atoms with Crippen molar-refractivity contribution in [3.63, 3.8) is 0 Å². The average Bonchev–Trinajstić information content (AvgIpc) is 2.36. The monoisotopic (exact) mass is 311 g/mol. The molecule has 0 saturated heterocycles. The number of carbonyl (C=O) groups is 1. The SMILES string of the molecule is CC(C)(C)OC(=O)NCCC#Cc1ccc(CCl)c(F)c1. The van der Waals surface area contributed by atoms with Gasteiger partial charge in [-0.3, -0.25) is 0 Å². The maximum absolute atomic E-state index is 13.5. The molecule has 0 fully saturated rings. The van der Waals surface area contributed by atoms with Crippen LogP contribution in [0.3, 0.4) is 0 Å². The molecule has 1 amide bonds. The smallest absolute Gasteiger partial charge is 0.407 e. The van der Waals surface area contributed by atoms with Gasteiger partial charge in [-0.15, -0.1) is 11.6 Å². The fourth-order valence-electron chi connectivity index (χ4n) is 1.44. The Morgan fingerprint density at radius 3 is 2.71 bits per heavy atom. The van der Waals surface area contributed by atoms with Gasteiger partial charge >= 0.3 is 6.09 Å². The van der Waals surface area contributed by atoms with Crippen molar-refractivity contribution in [2.75, 3.05) is 6.54 Å². The van der Waals surface area contributed by atoms with E-state index in [-0.39, 0.29) is 11.7 Å². The summed E-state index contributed by atoms with van der Waals surface area (Å²) in [6.07, 6.45) is -0.0141. The van der Waals surface area contributed by atoms with E-state index in [9.17, 15) is 9.18 Å². The predicted molar refractivity (Wildman–Crippen MR) is 81.7 cm³/mol. The number of nitrogens with one attached hydrogen (secondary N) is 1. The van der Waals surface area contributed by atoms with Crippen molar-refractivity contribution in [3.8, 4) is 11.8 Å². The van der Waals surface area contributed by atoms with Crippen LogP contribution in [0.15, 0.2) is 18.2 Å². The molecule has 0 bridgehead atoms. The summed E-state index contributed by atoms with van der Waals surface area (Å²) in [4.78, 5) is 11.4. The van der Waals surface area contributed by atoms with Gasteiger partial charge in [0.1, 0.15) is 11.4 Å². The van der Waals surface area contributed by atoms with Gasteiger partial charge in [0.05, 0.1) is 5.88 Å². The second-order valence-corrected chi connectivity index (χ2v) is 5.69. The molecule has 114 valence electrons. The van der Waals surface area contributed by atoms with Crippen LogP contribution in [0, 0.1) is 17.7 Å². The zero-order valence-corrected chi connectivity index (χ0v) is 13.2. The van der Waals surface area contributed by atoms with E-state index in [1.165, 1.54) is 6.07 Å². The van der Waals surface area contributed by atoms with Crippen molar-refractivity contribution in [2.24, 2.45) is 0 Å². The third-order valence-electron chi connectivity index (χ3n) is 2.35. The number of hydrogen-bond acceptors (Lipinski definition) is 2. The molecule has 1 aromatic carbocycles. The lowest BCUT2D eigenvalue weighted by Crippen LogP contribution is -2.32. The molecule has 0 aliphatic carbocycles. The van der Waals surface area contributed by atoms with E-state index in [2.05, 4.69) is 17.2 Å². The largest absolute Gasteiger partial charge is 0.444 e. The van der Waals surface area contributed by atoms with Crippen LogP contribution in [0.2, 0.25) is 0 Å². The molecule has 3 nitrogen and oxygen atoms in total. The Kier molecular flexibility index (Phi) is 6.51. The molecule has 0 aliphatic heterocycles. The summed E-state index contributed by atoms with van der Waals surface area (Å²) in [5.74, 6) is 5.48. The summed E-state index contributed by atoms with van der Waals surface area (Å²) in [7, 11) is 0. The van der Waals surface area contributed by atoms with E-state index >= 15 is 0 Å². The van der Waals surface area contributed by atoms with E-state index in [0.717, 1.165) is 0 Å². The number of ether oxygens (including phenoxy) is 1. The maximum Gasteiger partial charge on any atom is 0.407 e. The van der Waals surface area contributed by atoms with Gasteiger partial charge in [-0.25, -0.2) is 9.18 Å². The van der Waals surface area contributed by atoms with Crippen LogP contribution in [-0.2, 0) is 10.6 Å². The van der Waals surface area contributed by atoms with Crippen molar-refractivity contribution < 1.29 is 13.9 Å². The first kappa shape index (κ1) is 17.3. The molecule has 1 N–H and O–H groups in total. The Hall–Kier alpha value is -1.73. The molecule has 1 aromatic rings. The van der Waals surface area contributed by atoms with Crippen LogP contribution in [0.1, 0.15) is 38.3 Å². The van der Waals surface area contributed by atoms with Crippen molar-refractivity contribution in [3.05, 3.63) is 35.1 Å². The zero-order chi connectivity index (χ0) is 15.9. The van der Waals surface area contributed by atoms with Crippen molar-refractivity contribution in [2.45, 2.75) is 38.7 Å². The highest BCUT2D eigenvalue weighted by molar-refractivity contribution is 6.17. The first-order chi connectivity index (χ1) is 9.81. The fourth-order valence-corrected chi connectivity index (χ4v) is 1.66. The summed E-state index contributed by atoms with van der Waals surface area (Å²) < 4.78 is 18.5. The van der Waals surface area contributed by atoms with Crippen molar-refractivity contribution in [1.82, 2.24) is 5.32 Å². The Labute approximate surface area is 129 Å². The molecule has 1 rings (SSSR count). The maximum atomic E-state index is 13.5. The molecular formula is C16H19ClFNO2. The predicted octanol–water partition coefficient (Wildman–Crippen LogP) is 3.83. The summed E-state index contributed by atoms with van der Waals surface area (Å²) in [5, 5.41) is 2.60. The topological polar surface area (TPSA) is 38.3 Å². The Morgan fingerprint density at radius 2 is 2.14 bits per heavy atom. The minimum absolute atomic E-state index is 0.138. The minimum Gasteiger partial charge on any atom is -0.444 e.